The van der Waals surface area contributed by atoms with E-state index in [2.05, 4.69) is 16.4 Å². The summed E-state index contributed by atoms with van der Waals surface area (Å²) in [7, 11) is 0. The van der Waals surface area contributed by atoms with Crippen LogP contribution in [0, 0.1) is 0 Å². The number of nitrogens with one attached hydrogen (secondary N) is 1. The molecule has 0 saturated carbocycles. The summed E-state index contributed by atoms with van der Waals surface area (Å²) in [6.07, 6.45) is 0.724. The zero-order valence-corrected chi connectivity index (χ0v) is 13.7. The highest BCUT2D eigenvalue weighted by molar-refractivity contribution is 7.18. The third-order valence-electron chi connectivity index (χ3n) is 3.39. The van der Waals surface area contributed by atoms with Gasteiger partial charge in [0.1, 0.15) is 5.75 Å². The normalized spacial score (nSPS) is 10.7. The van der Waals surface area contributed by atoms with Crippen LogP contribution >= 0.6 is 11.3 Å². The fourth-order valence-corrected chi connectivity index (χ4v) is 3.31. The molecule has 0 aliphatic rings. The van der Waals surface area contributed by atoms with E-state index < -0.39 is 0 Å². The number of carbonyl (C=O) groups is 1. The summed E-state index contributed by atoms with van der Waals surface area (Å²) in [5, 5.41) is 3.97. The molecule has 0 spiro atoms. The number of ether oxygens (including phenoxy) is 1. The Morgan fingerprint density at radius 3 is 2.78 bits per heavy atom. The number of amides is 1. The Balaban J connectivity index is 1.61. The lowest BCUT2D eigenvalue weighted by atomic mass is 10.2. The molecule has 0 atom stereocenters. The average Bonchev–Trinajstić information content (AvgIpc) is 2.98. The number of carbonyl (C=O) groups excluding carboxylic acids is 1. The largest absolute Gasteiger partial charge is 0.493 e. The van der Waals surface area contributed by atoms with E-state index in [0.717, 1.165) is 16.9 Å². The number of hydrogen-bond acceptors (Lipinski definition) is 4. The van der Waals surface area contributed by atoms with Crippen LogP contribution in [0.25, 0.3) is 10.2 Å². The van der Waals surface area contributed by atoms with Crippen molar-refractivity contribution in [3.8, 4) is 5.75 Å². The quantitative estimate of drug-likeness (QED) is 0.752. The number of rotatable bonds is 6. The van der Waals surface area contributed by atoms with E-state index in [4.69, 9.17) is 4.74 Å². The molecule has 0 unspecified atom stereocenters. The average molecular weight is 326 g/mol. The van der Waals surface area contributed by atoms with Gasteiger partial charge in [-0.05, 0) is 31.2 Å². The van der Waals surface area contributed by atoms with Crippen molar-refractivity contribution in [2.45, 2.75) is 13.3 Å². The Labute approximate surface area is 139 Å². The van der Waals surface area contributed by atoms with Crippen molar-refractivity contribution in [3.05, 3.63) is 59.1 Å². The van der Waals surface area contributed by atoms with E-state index >= 15 is 0 Å². The van der Waals surface area contributed by atoms with Crippen LogP contribution in [0.15, 0.2) is 48.5 Å². The van der Waals surface area contributed by atoms with Gasteiger partial charge < -0.3 is 10.1 Å². The van der Waals surface area contributed by atoms with Gasteiger partial charge in [-0.25, -0.2) is 4.98 Å². The minimum atomic E-state index is -0.116. The fourth-order valence-electron chi connectivity index (χ4n) is 2.34. The van der Waals surface area contributed by atoms with Crippen molar-refractivity contribution in [1.29, 1.82) is 0 Å². The molecular formula is C18H18N2O2S. The number of nitrogens with zero attached hydrogens (tertiary/aromatic N) is 1. The van der Waals surface area contributed by atoms with E-state index in [1.807, 2.05) is 43.3 Å². The Bertz CT molecular complexity index is 780. The first-order valence-electron chi connectivity index (χ1n) is 7.62. The molecule has 1 amide bonds. The van der Waals surface area contributed by atoms with Gasteiger partial charge in [-0.1, -0.05) is 24.3 Å². The first kappa shape index (κ1) is 15.5. The highest BCUT2D eigenvalue weighted by atomic mass is 32.1. The lowest BCUT2D eigenvalue weighted by Gasteiger charge is -2.09. The van der Waals surface area contributed by atoms with Gasteiger partial charge in [0.05, 0.1) is 27.4 Å². The summed E-state index contributed by atoms with van der Waals surface area (Å²) in [5.74, 6) is 0.502. The summed E-state index contributed by atoms with van der Waals surface area (Å²) in [6.45, 7) is 3.00. The van der Waals surface area contributed by atoms with E-state index in [-0.39, 0.29) is 5.91 Å². The van der Waals surface area contributed by atoms with Crippen LogP contribution in [-0.4, -0.2) is 24.0 Å². The third kappa shape index (κ3) is 3.68. The van der Waals surface area contributed by atoms with Crippen LogP contribution in [0.5, 0.6) is 5.75 Å². The molecule has 4 nitrogen and oxygen atoms in total. The number of aromatic nitrogens is 1. The predicted molar refractivity (Wildman–Crippen MR) is 93.3 cm³/mol. The Morgan fingerprint density at radius 2 is 1.96 bits per heavy atom. The van der Waals surface area contributed by atoms with Gasteiger partial charge in [-0.2, -0.15) is 0 Å². The van der Waals surface area contributed by atoms with Crippen LogP contribution in [0.4, 0.5) is 0 Å². The van der Waals surface area contributed by atoms with Crippen molar-refractivity contribution in [2.24, 2.45) is 0 Å². The second kappa shape index (κ2) is 7.24. The summed E-state index contributed by atoms with van der Waals surface area (Å²) < 4.78 is 6.67. The first-order chi connectivity index (χ1) is 11.3. The molecule has 1 aromatic heterocycles. The summed E-state index contributed by atoms with van der Waals surface area (Å²) in [4.78, 5) is 16.9. The van der Waals surface area contributed by atoms with Gasteiger partial charge in [0, 0.05) is 13.0 Å². The minimum absolute atomic E-state index is 0.116. The van der Waals surface area contributed by atoms with Crippen LogP contribution in [0.2, 0.25) is 0 Å². The van der Waals surface area contributed by atoms with Crippen molar-refractivity contribution >= 4 is 27.5 Å². The third-order valence-corrected chi connectivity index (χ3v) is 4.49. The van der Waals surface area contributed by atoms with Gasteiger partial charge >= 0.3 is 0 Å². The predicted octanol–water partition coefficient (Wildman–Crippen LogP) is 3.67. The van der Waals surface area contributed by atoms with E-state index in [0.29, 0.717) is 24.5 Å². The fraction of sp³-hybridized carbons (Fsp3) is 0.222. The summed E-state index contributed by atoms with van der Waals surface area (Å²) >= 11 is 1.67. The molecule has 3 rings (SSSR count). The molecule has 1 N–H and O–H groups in total. The van der Waals surface area contributed by atoms with Crippen molar-refractivity contribution in [1.82, 2.24) is 10.3 Å². The number of thiazole rings is 1. The van der Waals surface area contributed by atoms with Gasteiger partial charge in [0.25, 0.3) is 5.91 Å². The van der Waals surface area contributed by atoms with E-state index in [1.54, 1.807) is 17.4 Å². The van der Waals surface area contributed by atoms with Crippen LogP contribution in [0.3, 0.4) is 0 Å². The molecule has 0 saturated heterocycles. The highest BCUT2D eigenvalue weighted by Gasteiger charge is 2.11. The van der Waals surface area contributed by atoms with Gasteiger partial charge in [0.15, 0.2) is 0 Å². The summed E-state index contributed by atoms with van der Waals surface area (Å²) in [6, 6.07) is 15.4. The van der Waals surface area contributed by atoms with Crippen LogP contribution < -0.4 is 10.1 Å². The lowest BCUT2D eigenvalue weighted by Crippen LogP contribution is -2.26. The Kier molecular flexibility index (Phi) is 4.88. The molecule has 118 valence electrons. The molecule has 0 radical (unpaired) electrons. The first-order valence-corrected chi connectivity index (χ1v) is 8.44. The monoisotopic (exact) mass is 326 g/mol. The van der Waals surface area contributed by atoms with Crippen molar-refractivity contribution in [3.63, 3.8) is 0 Å². The molecule has 23 heavy (non-hydrogen) atoms. The number of fused-ring (bicyclic) bond motifs is 1. The maximum Gasteiger partial charge on any atom is 0.255 e. The zero-order chi connectivity index (χ0) is 16.1. The smallest absolute Gasteiger partial charge is 0.255 e. The maximum absolute atomic E-state index is 12.3. The second-order valence-corrected chi connectivity index (χ2v) is 6.13. The molecule has 5 heteroatoms. The lowest BCUT2D eigenvalue weighted by molar-refractivity contribution is 0.0950. The molecule has 2 aromatic carbocycles. The molecule has 0 aliphatic heterocycles. The topological polar surface area (TPSA) is 51.2 Å². The second-order valence-electron chi connectivity index (χ2n) is 5.01. The van der Waals surface area contributed by atoms with Gasteiger partial charge in [-0.15, -0.1) is 11.3 Å². The van der Waals surface area contributed by atoms with E-state index in [1.165, 1.54) is 4.70 Å². The van der Waals surface area contributed by atoms with Gasteiger partial charge in [-0.3, -0.25) is 4.79 Å². The maximum atomic E-state index is 12.3. The van der Waals surface area contributed by atoms with Crippen molar-refractivity contribution < 1.29 is 9.53 Å². The standard InChI is InChI=1S/C18H18N2O2S/c1-2-22-15-9-5-3-7-13(15)18(21)19-12-11-17-20-14-8-4-6-10-16(14)23-17/h3-10H,2,11-12H2,1H3,(H,19,21). The van der Waals surface area contributed by atoms with Crippen molar-refractivity contribution in [2.75, 3.05) is 13.2 Å². The minimum Gasteiger partial charge on any atom is -0.493 e. The summed E-state index contributed by atoms with van der Waals surface area (Å²) in [5.41, 5.74) is 1.58. The van der Waals surface area contributed by atoms with E-state index in [9.17, 15) is 4.79 Å². The number of hydrogen-bond donors (Lipinski definition) is 1. The Morgan fingerprint density at radius 1 is 1.17 bits per heavy atom. The molecule has 1 heterocycles. The highest BCUT2D eigenvalue weighted by Crippen LogP contribution is 2.22. The number of para-hydroxylation sites is 2. The zero-order valence-electron chi connectivity index (χ0n) is 12.9. The molecule has 0 fully saturated rings. The van der Waals surface area contributed by atoms with Crippen LogP contribution in [0.1, 0.15) is 22.3 Å². The molecule has 0 bridgehead atoms. The molecular weight excluding hydrogens is 308 g/mol. The molecule has 3 aromatic rings. The molecule has 0 aliphatic carbocycles. The van der Waals surface area contributed by atoms with Gasteiger partial charge in [0.2, 0.25) is 0 Å². The number of benzene rings is 2. The Hall–Kier alpha value is -2.40. The van der Waals surface area contributed by atoms with Crippen LogP contribution in [-0.2, 0) is 6.42 Å². The SMILES string of the molecule is CCOc1ccccc1C(=O)NCCc1nc2ccccc2s1.